The van der Waals surface area contributed by atoms with Gasteiger partial charge in [-0.05, 0) is 49.9 Å². The third-order valence-electron chi connectivity index (χ3n) is 5.00. The summed E-state index contributed by atoms with van der Waals surface area (Å²) >= 11 is 0. The highest BCUT2D eigenvalue weighted by Gasteiger charge is 2.38. The number of hydrogen-bond acceptors (Lipinski definition) is 6. The summed E-state index contributed by atoms with van der Waals surface area (Å²) in [5.74, 6) is -1.33. The van der Waals surface area contributed by atoms with Gasteiger partial charge in [-0.3, -0.25) is 9.69 Å². The van der Waals surface area contributed by atoms with E-state index in [0.29, 0.717) is 24.4 Å². The molecule has 2 unspecified atom stereocenters. The predicted molar refractivity (Wildman–Crippen MR) is 95.9 cm³/mol. The van der Waals surface area contributed by atoms with Gasteiger partial charge in [0.2, 0.25) is 5.91 Å². The van der Waals surface area contributed by atoms with Gasteiger partial charge in [-0.25, -0.2) is 4.79 Å². The summed E-state index contributed by atoms with van der Waals surface area (Å²) in [6.45, 7) is 2.54. The van der Waals surface area contributed by atoms with Crippen LogP contribution < -0.4 is 15.7 Å². The Bertz CT molecular complexity index is 686. The fourth-order valence-corrected chi connectivity index (χ4v) is 3.66. The molecule has 0 bridgehead atoms. The molecule has 1 saturated heterocycles. The van der Waals surface area contributed by atoms with Crippen LogP contribution in [-0.4, -0.2) is 66.1 Å². The minimum atomic E-state index is -1.29. The first-order chi connectivity index (χ1) is 12.5. The summed E-state index contributed by atoms with van der Waals surface area (Å²) in [5, 5.41) is 22.2. The molecule has 2 atom stereocenters. The fraction of sp³-hybridized carbons (Fsp3) is 0.529. The van der Waals surface area contributed by atoms with E-state index in [9.17, 15) is 19.7 Å². The van der Waals surface area contributed by atoms with Gasteiger partial charge in [-0.2, -0.15) is 0 Å². The van der Waals surface area contributed by atoms with E-state index in [0.717, 1.165) is 25.9 Å². The topological polar surface area (TPSA) is 125 Å². The van der Waals surface area contributed by atoms with Crippen molar-refractivity contribution in [3.05, 3.63) is 29.3 Å². The molecule has 0 radical (unpaired) electrons. The van der Waals surface area contributed by atoms with Crippen LogP contribution in [0.15, 0.2) is 18.2 Å². The number of fused-ring (bicyclic) bond motifs is 1. The normalized spacial score (nSPS) is 23.1. The number of nitrogens with zero attached hydrogens (tertiary/aromatic N) is 1. The van der Waals surface area contributed by atoms with Crippen LogP contribution in [0.2, 0.25) is 0 Å². The van der Waals surface area contributed by atoms with Crippen molar-refractivity contribution in [1.82, 2.24) is 10.2 Å². The number of para-hydroxylation sites is 1. The molecule has 2 heterocycles. The number of aromatic carboxylic acids is 1. The molecular formula is C17H24BN3O5. The zero-order valence-electron chi connectivity index (χ0n) is 14.6. The van der Waals surface area contributed by atoms with Gasteiger partial charge in [0.25, 0.3) is 0 Å². The van der Waals surface area contributed by atoms with E-state index in [1.807, 2.05) is 0 Å². The number of carbonyl (C=O) groups excluding carboxylic acids is 1. The first kappa shape index (κ1) is 18.7. The van der Waals surface area contributed by atoms with Gasteiger partial charge < -0.3 is 25.8 Å². The Morgan fingerprint density at radius 2 is 2.23 bits per heavy atom. The van der Waals surface area contributed by atoms with Crippen molar-refractivity contribution in [3.8, 4) is 5.75 Å². The minimum Gasteiger partial charge on any atom is -0.534 e. The number of nitrogens with one attached hydrogen (secondary N) is 1. The molecule has 2 aliphatic rings. The van der Waals surface area contributed by atoms with Gasteiger partial charge in [0.05, 0.1) is 18.0 Å². The average Bonchev–Trinajstić information content (AvgIpc) is 2.61. The van der Waals surface area contributed by atoms with Crippen LogP contribution in [0.3, 0.4) is 0 Å². The molecule has 5 N–H and O–H groups in total. The lowest BCUT2D eigenvalue weighted by molar-refractivity contribution is -0.123. The SMILES string of the molecule is NCC1CCCN(CC(=O)NC2Cc3cccc(C(=O)O)c3OB2O)C1. The second-order valence-electron chi connectivity index (χ2n) is 6.96. The summed E-state index contributed by atoms with van der Waals surface area (Å²) in [6, 6.07) is 4.79. The predicted octanol–water partition coefficient (Wildman–Crippen LogP) is -0.505. The van der Waals surface area contributed by atoms with Crippen molar-refractivity contribution in [3.63, 3.8) is 0 Å². The number of carboxylic acid groups (broad SMARTS) is 1. The summed E-state index contributed by atoms with van der Waals surface area (Å²) in [7, 11) is -1.29. The van der Waals surface area contributed by atoms with E-state index < -0.39 is 19.0 Å². The number of piperidine rings is 1. The number of hydrogen-bond donors (Lipinski definition) is 4. The van der Waals surface area contributed by atoms with Crippen LogP contribution in [-0.2, 0) is 11.2 Å². The van der Waals surface area contributed by atoms with Crippen molar-refractivity contribution in [2.45, 2.75) is 25.2 Å². The largest absolute Gasteiger partial charge is 0.547 e. The third-order valence-corrected chi connectivity index (χ3v) is 5.00. The van der Waals surface area contributed by atoms with E-state index >= 15 is 0 Å². The van der Waals surface area contributed by atoms with Gasteiger partial charge >= 0.3 is 13.1 Å². The van der Waals surface area contributed by atoms with Gasteiger partial charge in [0.1, 0.15) is 5.75 Å². The highest BCUT2D eigenvalue weighted by molar-refractivity contribution is 6.47. The molecule has 1 amide bonds. The van der Waals surface area contributed by atoms with E-state index in [1.54, 1.807) is 12.1 Å². The highest BCUT2D eigenvalue weighted by atomic mass is 16.5. The first-order valence-electron chi connectivity index (χ1n) is 8.89. The van der Waals surface area contributed by atoms with Crippen LogP contribution >= 0.6 is 0 Å². The Labute approximate surface area is 152 Å². The van der Waals surface area contributed by atoms with Crippen molar-refractivity contribution in [2.24, 2.45) is 11.7 Å². The quantitative estimate of drug-likeness (QED) is 0.521. The summed E-state index contributed by atoms with van der Waals surface area (Å²) in [6.07, 6.45) is 2.43. The highest BCUT2D eigenvalue weighted by Crippen LogP contribution is 2.30. The van der Waals surface area contributed by atoms with E-state index in [1.165, 1.54) is 6.07 Å². The molecule has 0 saturated carbocycles. The number of nitrogens with two attached hydrogens (primary N) is 1. The lowest BCUT2D eigenvalue weighted by Gasteiger charge is -2.33. The zero-order valence-corrected chi connectivity index (χ0v) is 14.6. The van der Waals surface area contributed by atoms with Gasteiger partial charge in [0.15, 0.2) is 0 Å². The molecule has 1 aromatic carbocycles. The summed E-state index contributed by atoms with van der Waals surface area (Å²) < 4.78 is 5.39. The molecule has 9 heteroatoms. The molecule has 3 rings (SSSR count). The number of benzene rings is 1. The standard InChI is InChI=1S/C17H24BN3O5/c19-8-11-3-2-6-21(9-11)10-15(22)20-14-7-12-4-1-5-13(17(23)24)16(12)26-18(14)25/h1,4-5,11,14,25H,2-3,6-10,19H2,(H,20,22)(H,23,24). The van der Waals surface area contributed by atoms with Crippen LogP contribution in [0, 0.1) is 5.92 Å². The third kappa shape index (κ3) is 4.17. The molecule has 2 aliphatic heterocycles. The van der Waals surface area contributed by atoms with Crippen molar-refractivity contribution < 1.29 is 24.4 Å². The van der Waals surface area contributed by atoms with E-state index in [2.05, 4.69) is 10.2 Å². The molecule has 1 aromatic rings. The van der Waals surface area contributed by atoms with Crippen LogP contribution in [0.5, 0.6) is 5.75 Å². The lowest BCUT2D eigenvalue weighted by atomic mass is 9.72. The van der Waals surface area contributed by atoms with Gasteiger partial charge in [0, 0.05) is 6.54 Å². The molecule has 0 aliphatic carbocycles. The van der Waals surface area contributed by atoms with Crippen LogP contribution in [0.25, 0.3) is 0 Å². The lowest BCUT2D eigenvalue weighted by Crippen LogP contribution is -2.55. The maximum atomic E-state index is 12.4. The Balaban J connectivity index is 1.61. The summed E-state index contributed by atoms with van der Waals surface area (Å²) in [5.41, 5.74) is 6.39. The molecule has 0 aromatic heterocycles. The summed E-state index contributed by atoms with van der Waals surface area (Å²) in [4.78, 5) is 25.7. The molecule has 26 heavy (non-hydrogen) atoms. The van der Waals surface area contributed by atoms with Crippen molar-refractivity contribution in [2.75, 3.05) is 26.2 Å². The number of likely N-dealkylation sites (tertiary alicyclic amines) is 1. The van der Waals surface area contributed by atoms with Gasteiger partial charge in [-0.15, -0.1) is 0 Å². The Morgan fingerprint density at radius 1 is 1.42 bits per heavy atom. The first-order valence-corrected chi connectivity index (χ1v) is 8.89. The molecular weight excluding hydrogens is 337 g/mol. The maximum Gasteiger partial charge on any atom is 0.547 e. The molecule has 8 nitrogen and oxygen atoms in total. The monoisotopic (exact) mass is 361 g/mol. The van der Waals surface area contributed by atoms with Crippen molar-refractivity contribution in [1.29, 1.82) is 0 Å². The molecule has 1 fully saturated rings. The van der Waals surface area contributed by atoms with Gasteiger partial charge in [-0.1, -0.05) is 12.1 Å². The Hall–Kier alpha value is -2.10. The van der Waals surface area contributed by atoms with Crippen molar-refractivity contribution >= 4 is 19.0 Å². The fourth-order valence-electron chi connectivity index (χ4n) is 3.66. The number of rotatable bonds is 5. The van der Waals surface area contributed by atoms with E-state index in [-0.39, 0.29) is 23.8 Å². The minimum absolute atomic E-state index is 0.00692. The molecule has 0 spiro atoms. The number of carbonyl (C=O) groups is 2. The smallest absolute Gasteiger partial charge is 0.534 e. The zero-order chi connectivity index (χ0) is 18.7. The maximum absolute atomic E-state index is 12.4. The van der Waals surface area contributed by atoms with E-state index in [4.69, 9.17) is 10.4 Å². The Kier molecular flexibility index (Phi) is 5.80. The number of carboxylic acids is 1. The molecule has 140 valence electrons. The second-order valence-corrected chi connectivity index (χ2v) is 6.96. The van der Waals surface area contributed by atoms with Crippen LogP contribution in [0.1, 0.15) is 28.8 Å². The van der Waals surface area contributed by atoms with Crippen LogP contribution in [0.4, 0.5) is 0 Å². The number of amides is 1. The Morgan fingerprint density at radius 3 is 2.96 bits per heavy atom. The average molecular weight is 361 g/mol. The second kappa shape index (κ2) is 8.07.